The lowest BCUT2D eigenvalue weighted by molar-refractivity contribution is 1.28. The predicted octanol–water partition coefficient (Wildman–Crippen LogP) is 10.7. The molecule has 0 unspecified atom stereocenters. The Morgan fingerprint density at radius 1 is 0.367 bits per heavy atom. The van der Waals surface area contributed by atoms with Crippen LogP contribution < -0.4 is 4.90 Å². The zero-order chi connectivity index (χ0) is 34.3. The molecule has 0 fully saturated rings. The third-order valence-electron chi connectivity index (χ3n) is 7.92. The Labute approximate surface area is 283 Å². The van der Waals surface area contributed by atoms with Crippen LogP contribution >= 0.6 is 0 Å². The highest BCUT2D eigenvalue weighted by Gasteiger charge is 2.15. The molecule has 0 amide bonds. The number of nitrogens with zero attached hydrogens (tertiary/aromatic N) is 7. The number of hydrogen-bond donors (Lipinski definition) is 0. The number of rotatable bonds is 6. The summed E-state index contributed by atoms with van der Waals surface area (Å²) < 4.78 is 0. The summed E-state index contributed by atoms with van der Waals surface area (Å²) in [5.41, 5.74) is 9.87. The molecule has 0 spiro atoms. The van der Waals surface area contributed by atoms with Gasteiger partial charge in [0, 0.05) is 28.2 Å². The Morgan fingerprint density at radius 2 is 0.653 bits per heavy atom. The highest BCUT2D eigenvalue weighted by atomic mass is 15.1. The number of benzene rings is 6. The van der Waals surface area contributed by atoms with Crippen molar-refractivity contribution in [3.05, 3.63) is 172 Å². The maximum atomic E-state index is 9.47. The van der Waals surface area contributed by atoms with Crippen LogP contribution in [0.15, 0.2) is 127 Å². The molecule has 0 N–H and O–H groups in total. The first-order chi connectivity index (χ1) is 23.9. The smallest absolute Gasteiger partial charge is 0.189 e. The highest BCUT2D eigenvalue weighted by molar-refractivity contribution is 5.82. The van der Waals surface area contributed by atoms with Crippen LogP contribution in [-0.4, -0.2) is 0 Å². The predicted molar refractivity (Wildman–Crippen MR) is 189 cm³/mol. The zero-order valence-electron chi connectivity index (χ0n) is 25.8. The molecule has 0 saturated heterocycles. The van der Waals surface area contributed by atoms with Gasteiger partial charge in [0.05, 0.1) is 48.5 Å². The number of nitriles is 4. The minimum Gasteiger partial charge on any atom is -0.311 e. The molecule has 0 aliphatic carbocycles. The fourth-order valence-corrected chi connectivity index (χ4v) is 5.59. The molecule has 6 aromatic rings. The molecule has 0 aromatic heterocycles. The van der Waals surface area contributed by atoms with Gasteiger partial charge in [-0.25, -0.2) is 9.69 Å². The molecule has 0 aliphatic heterocycles. The monoisotopic (exact) mass is 623 g/mol. The summed E-state index contributed by atoms with van der Waals surface area (Å²) in [6.07, 6.45) is 0. The lowest BCUT2D eigenvalue weighted by atomic mass is 9.99. The van der Waals surface area contributed by atoms with Crippen molar-refractivity contribution in [2.75, 3.05) is 4.90 Å². The zero-order valence-corrected chi connectivity index (χ0v) is 25.8. The Bertz CT molecular complexity index is 2110. The van der Waals surface area contributed by atoms with Crippen molar-refractivity contribution >= 4 is 28.4 Å². The second-order valence-electron chi connectivity index (χ2n) is 11.0. The Hall–Kier alpha value is -7.94. The molecular formula is C42H21N7. The maximum absolute atomic E-state index is 9.47. The van der Waals surface area contributed by atoms with Crippen LogP contribution in [0.5, 0.6) is 0 Å². The molecule has 0 aliphatic rings. The van der Waals surface area contributed by atoms with E-state index in [0.29, 0.717) is 33.6 Å². The van der Waals surface area contributed by atoms with Gasteiger partial charge in [-0.05, 0) is 124 Å². The molecule has 6 aromatic carbocycles. The van der Waals surface area contributed by atoms with Crippen LogP contribution in [0.1, 0.15) is 22.3 Å². The van der Waals surface area contributed by atoms with E-state index in [1.54, 1.807) is 54.6 Å². The average molecular weight is 624 g/mol. The largest absolute Gasteiger partial charge is 0.311 e. The Morgan fingerprint density at radius 3 is 0.939 bits per heavy atom. The first kappa shape index (κ1) is 31.1. The summed E-state index contributed by atoms with van der Waals surface area (Å²) in [5, 5.41) is 37.9. The van der Waals surface area contributed by atoms with E-state index in [1.165, 1.54) is 0 Å². The van der Waals surface area contributed by atoms with Crippen molar-refractivity contribution in [2.45, 2.75) is 0 Å². The SMILES string of the molecule is [C-]#[N+]c1cc(C#N)cc(-c2ccc(N(c3ccc(-c4cc(C#N)cc(C#N)c4)cc3)c3ccc(-c4cc(C#N)cc([N+]#[C-])c4)cc3)cc2)c1. The van der Waals surface area contributed by atoms with Crippen LogP contribution in [0, 0.1) is 58.5 Å². The summed E-state index contributed by atoms with van der Waals surface area (Å²) in [4.78, 5) is 9.11. The lowest BCUT2D eigenvalue weighted by Crippen LogP contribution is -2.09. The first-order valence-corrected chi connectivity index (χ1v) is 14.9. The first-order valence-electron chi connectivity index (χ1n) is 14.9. The van der Waals surface area contributed by atoms with Gasteiger partial charge in [-0.15, -0.1) is 0 Å². The lowest BCUT2D eigenvalue weighted by Gasteiger charge is -2.26. The summed E-state index contributed by atoms with van der Waals surface area (Å²) in [6.45, 7) is 14.9. The molecule has 224 valence electrons. The second-order valence-corrected chi connectivity index (χ2v) is 11.0. The van der Waals surface area contributed by atoms with E-state index in [0.717, 1.165) is 50.4 Å². The third kappa shape index (κ3) is 6.56. The van der Waals surface area contributed by atoms with Crippen molar-refractivity contribution in [2.24, 2.45) is 0 Å². The van der Waals surface area contributed by atoms with Crippen molar-refractivity contribution in [1.82, 2.24) is 0 Å². The van der Waals surface area contributed by atoms with E-state index >= 15 is 0 Å². The Kier molecular flexibility index (Phi) is 8.61. The van der Waals surface area contributed by atoms with Crippen LogP contribution in [0.4, 0.5) is 28.4 Å². The van der Waals surface area contributed by atoms with Gasteiger partial charge in [-0.2, -0.15) is 21.0 Å². The molecule has 0 bridgehead atoms. The quantitative estimate of drug-likeness (QED) is 0.172. The van der Waals surface area contributed by atoms with Crippen LogP contribution in [0.2, 0.25) is 0 Å². The molecule has 6 rings (SSSR count). The van der Waals surface area contributed by atoms with Crippen LogP contribution in [0.25, 0.3) is 43.1 Å². The van der Waals surface area contributed by atoms with Gasteiger partial charge in [0.15, 0.2) is 11.4 Å². The minimum atomic E-state index is 0.394. The van der Waals surface area contributed by atoms with E-state index < -0.39 is 0 Å². The van der Waals surface area contributed by atoms with Gasteiger partial charge < -0.3 is 4.90 Å². The fraction of sp³-hybridized carbons (Fsp3) is 0. The topological polar surface area (TPSA) is 107 Å². The fourth-order valence-electron chi connectivity index (χ4n) is 5.59. The number of hydrogen-bond acceptors (Lipinski definition) is 5. The molecule has 7 heteroatoms. The molecular weight excluding hydrogens is 603 g/mol. The average Bonchev–Trinajstić information content (AvgIpc) is 3.18. The van der Waals surface area contributed by atoms with Crippen molar-refractivity contribution < 1.29 is 0 Å². The van der Waals surface area contributed by atoms with Gasteiger partial charge in [-0.1, -0.05) is 36.4 Å². The van der Waals surface area contributed by atoms with E-state index in [2.05, 4.69) is 38.9 Å². The van der Waals surface area contributed by atoms with Gasteiger partial charge >= 0.3 is 0 Å². The molecule has 7 nitrogen and oxygen atoms in total. The molecule has 0 radical (unpaired) electrons. The van der Waals surface area contributed by atoms with Gasteiger partial charge in [0.2, 0.25) is 0 Å². The minimum absolute atomic E-state index is 0.394. The third-order valence-corrected chi connectivity index (χ3v) is 7.92. The highest BCUT2D eigenvalue weighted by Crippen LogP contribution is 2.38. The van der Waals surface area contributed by atoms with Crippen LogP contribution in [0.3, 0.4) is 0 Å². The summed E-state index contributed by atoms with van der Waals surface area (Å²) in [5.74, 6) is 0. The van der Waals surface area contributed by atoms with E-state index in [-0.39, 0.29) is 0 Å². The van der Waals surface area contributed by atoms with E-state index in [4.69, 9.17) is 13.1 Å². The molecule has 0 heterocycles. The summed E-state index contributed by atoms with van der Waals surface area (Å²) >= 11 is 0. The van der Waals surface area contributed by atoms with Crippen molar-refractivity contribution in [1.29, 1.82) is 21.0 Å². The van der Waals surface area contributed by atoms with Gasteiger partial charge in [0.1, 0.15) is 0 Å². The summed E-state index contributed by atoms with van der Waals surface area (Å²) in [6, 6.07) is 47.3. The Balaban J connectivity index is 1.42. The molecule has 0 saturated carbocycles. The number of anilines is 3. The van der Waals surface area contributed by atoms with Crippen LogP contribution in [-0.2, 0) is 0 Å². The standard InChI is InChI=1S/C42H21N7/c1-47-38-20-30(26-45)18-36(22-38)33-5-11-41(12-6-33)49(40-9-3-32(4-10-40)35-16-28(24-43)15-29(17-35)25-44)42-13-7-34(8-14-42)37-19-31(27-46)21-39(23-37)48-2/h3-23H. The van der Waals surface area contributed by atoms with Crippen molar-refractivity contribution in [3.63, 3.8) is 0 Å². The van der Waals surface area contributed by atoms with Gasteiger partial charge in [0.25, 0.3) is 0 Å². The molecule has 0 atom stereocenters. The van der Waals surface area contributed by atoms with Gasteiger partial charge in [-0.3, -0.25) is 0 Å². The van der Waals surface area contributed by atoms with E-state index in [9.17, 15) is 21.0 Å². The normalized spacial score (nSPS) is 9.92. The maximum Gasteiger partial charge on any atom is 0.189 e. The van der Waals surface area contributed by atoms with Crippen molar-refractivity contribution in [3.8, 4) is 57.7 Å². The van der Waals surface area contributed by atoms with E-state index in [1.807, 2.05) is 72.8 Å². The second kappa shape index (κ2) is 13.6. The summed E-state index contributed by atoms with van der Waals surface area (Å²) in [7, 11) is 0. The molecule has 49 heavy (non-hydrogen) atoms.